The number of carbonyl (C=O) groups is 1. The van der Waals surface area contributed by atoms with E-state index in [-0.39, 0.29) is 17.4 Å². The number of aryl methyl sites for hydroxylation is 1. The van der Waals surface area contributed by atoms with Crippen LogP contribution >= 0.6 is 0 Å². The highest BCUT2D eigenvalue weighted by Crippen LogP contribution is 2.21. The largest absolute Gasteiger partial charge is 0.379 e. The third-order valence-electron chi connectivity index (χ3n) is 5.18. The lowest BCUT2D eigenvalue weighted by Gasteiger charge is -2.31. The molecular weight excluding hydrogens is 372 g/mol. The first-order valence-electron chi connectivity index (χ1n) is 10.2. The number of rotatable bonds is 9. The molecule has 0 radical (unpaired) electrons. The third kappa shape index (κ3) is 6.60. The van der Waals surface area contributed by atoms with Crippen molar-refractivity contribution in [1.82, 2.24) is 40.0 Å². The van der Waals surface area contributed by atoms with Crippen LogP contribution in [0.15, 0.2) is 18.7 Å². The van der Waals surface area contributed by atoms with Crippen molar-refractivity contribution >= 4 is 5.91 Å². The fourth-order valence-corrected chi connectivity index (χ4v) is 3.27. The SMILES string of the molecule is CC(C)(C)[C@H](Cn1ccnc1)NC(=O)CCCn1nnnc1CN1CCOCC1. The number of hydrogen-bond donors (Lipinski definition) is 1. The third-order valence-corrected chi connectivity index (χ3v) is 5.18. The number of imidazole rings is 1. The highest BCUT2D eigenvalue weighted by atomic mass is 16.5. The predicted molar refractivity (Wildman–Crippen MR) is 107 cm³/mol. The number of amides is 1. The summed E-state index contributed by atoms with van der Waals surface area (Å²) in [6.45, 7) is 11.7. The highest BCUT2D eigenvalue weighted by molar-refractivity contribution is 5.76. The molecule has 2 aromatic heterocycles. The van der Waals surface area contributed by atoms with Crippen LogP contribution in [0.5, 0.6) is 0 Å². The average Bonchev–Trinajstić information content (AvgIpc) is 3.34. The summed E-state index contributed by atoms with van der Waals surface area (Å²) in [5.41, 5.74) is -0.0545. The molecule has 1 aliphatic rings. The van der Waals surface area contributed by atoms with E-state index in [0.29, 0.717) is 32.5 Å². The van der Waals surface area contributed by atoms with Crippen LogP contribution < -0.4 is 5.32 Å². The number of carbonyl (C=O) groups excluding carboxylic acids is 1. The van der Waals surface area contributed by atoms with Crippen molar-refractivity contribution in [3.05, 3.63) is 24.5 Å². The normalized spacial score (nSPS) is 16.7. The molecule has 3 heterocycles. The first kappa shape index (κ1) is 21.4. The van der Waals surface area contributed by atoms with Crippen LogP contribution in [0.1, 0.15) is 39.4 Å². The molecule has 1 N–H and O–H groups in total. The maximum Gasteiger partial charge on any atom is 0.220 e. The molecule has 1 saturated heterocycles. The lowest BCUT2D eigenvalue weighted by atomic mass is 9.86. The molecule has 10 heteroatoms. The summed E-state index contributed by atoms with van der Waals surface area (Å²) in [7, 11) is 0. The lowest BCUT2D eigenvalue weighted by Crippen LogP contribution is -2.46. The van der Waals surface area contributed by atoms with Gasteiger partial charge in [0.05, 0.1) is 32.1 Å². The molecule has 0 saturated carbocycles. The molecule has 10 nitrogen and oxygen atoms in total. The molecule has 160 valence electrons. The van der Waals surface area contributed by atoms with Gasteiger partial charge in [-0.05, 0) is 22.3 Å². The fourth-order valence-electron chi connectivity index (χ4n) is 3.27. The van der Waals surface area contributed by atoms with E-state index in [4.69, 9.17) is 4.74 Å². The highest BCUT2D eigenvalue weighted by Gasteiger charge is 2.26. The molecule has 1 atom stereocenters. The van der Waals surface area contributed by atoms with Gasteiger partial charge in [0.1, 0.15) is 0 Å². The smallest absolute Gasteiger partial charge is 0.220 e. The molecule has 0 aromatic carbocycles. The molecule has 0 spiro atoms. The Labute approximate surface area is 171 Å². The molecule has 29 heavy (non-hydrogen) atoms. The van der Waals surface area contributed by atoms with Crippen molar-refractivity contribution in [2.24, 2.45) is 5.41 Å². The summed E-state index contributed by atoms with van der Waals surface area (Å²) in [6, 6.07) is 0.0223. The van der Waals surface area contributed by atoms with Gasteiger partial charge in [-0.2, -0.15) is 0 Å². The van der Waals surface area contributed by atoms with Crippen LogP contribution in [0.4, 0.5) is 0 Å². The monoisotopic (exact) mass is 404 g/mol. The molecule has 1 aliphatic heterocycles. The van der Waals surface area contributed by atoms with Crippen molar-refractivity contribution in [2.75, 3.05) is 26.3 Å². The molecule has 1 fully saturated rings. The minimum absolute atomic E-state index is 0.0223. The second-order valence-corrected chi connectivity index (χ2v) is 8.56. The van der Waals surface area contributed by atoms with E-state index in [2.05, 4.69) is 51.5 Å². The van der Waals surface area contributed by atoms with Gasteiger partial charge in [-0.3, -0.25) is 9.69 Å². The Morgan fingerprint density at radius 1 is 1.31 bits per heavy atom. The average molecular weight is 405 g/mol. The topological polar surface area (TPSA) is 103 Å². The van der Waals surface area contributed by atoms with E-state index in [1.807, 2.05) is 10.8 Å². The Kier molecular flexibility index (Phi) is 7.32. The number of morpholine rings is 1. The van der Waals surface area contributed by atoms with Crippen LogP contribution in [0.2, 0.25) is 0 Å². The molecular formula is C19H32N8O2. The fraction of sp³-hybridized carbons (Fsp3) is 0.737. The second kappa shape index (κ2) is 9.93. The van der Waals surface area contributed by atoms with Crippen molar-refractivity contribution in [2.45, 2.75) is 59.3 Å². The maximum atomic E-state index is 12.5. The van der Waals surface area contributed by atoms with Gasteiger partial charge < -0.3 is 14.6 Å². The van der Waals surface area contributed by atoms with Gasteiger partial charge >= 0.3 is 0 Å². The molecule has 1 amide bonds. The van der Waals surface area contributed by atoms with Crippen molar-refractivity contribution < 1.29 is 9.53 Å². The van der Waals surface area contributed by atoms with Crippen LogP contribution in [0.25, 0.3) is 0 Å². The van der Waals surface area contributed by atoms with Crippen molar-refractivity contribution in [3.8, 4) is 0 Å². The Hall–Kier alpha value is -2.33. The summed E-state index contributed by atoms with van der Waals surface area (Å²) in [5.74, 6) is 0.882. The van der Waals surface area contributed by atoms with Crippen molar-refractivity contribution in [3.63, 3.8) is 0 Å². The number of ether oxygens (including phenoxy) is 1. The van der Waals surface area contributed by atoms with Gasteiger partial charge in [0.15, 0.2) is 5.82 Å². The molecule has 0 bridgehead atoms. The first-order chi connectivity index (χ1) is 13.9. The second-order valence-electron chi connectivity index (χ2n) is 8.56. The van der Waals surface area contributed by atoms with Gasteiger partial charge in [-0.1, -0.05) is 20.8 Å². The summed E-state index contributed by atoms with van der Waals surface area (Å²) < 4.78 is 9.18. The minimum Gasteiger partial charge on any atom is -0.379 e. The number of hydrogen-bond acceptors (Lipinski definition) is 7. The Bertz CT molecular complexity index is 747. The first-order valence-corrected chi connectivity index (χ1v) is 10.2. The van der Waals surface area contributed by atoms with E-state index < -0.39 is 0 Å². The zero-order chi connectivity index (χ0) is 20.7. The van der Waals surface area contributed by atoms with Crippen LogP contribution in [-0.2, 0) is 29.2 Å². The standard InChI is InChI=1S/C19H32N8O2/c1-19(2,3)16(13-26-8-6-20-15-26)21-18(28)5-4-7-27-17(22-23-24-27)14-25-9-11-29-12-10-25/h6,8,15-16H,4-5,7,9-14H2,1-3H3,(H,21,28)/t16-/m0/s1. The molecule has 2 aromatic rings. The number of nitrogens with zero attached hydrogens (tertiary/aromatic N) is 7. The van der Waals surface area contributed by atoms with Gasteiger partial charge in [0.25, 0.3) is 0 Å². The van der Waals surface area contributed by atoms with E-state index >= 15 is 0 Å². The lowest BCUT2D eigenvalue weighted by molar-refractivity contribution is -0.122. The summed E-state index contributed by atoms with van der Waals surface area (Å²) in [6.07, 6.45) is 6.57. The Balaban J connectivity index is 1.46. The Morgan fingerprint density at radius 3 is 2.79 bits per heavy atom. The molecule has 0 unspecified atom stereocenters. The molecule has 0 aliphatic carbocycles. The van der Waals surface area contributed by atoms with Crippen LogP contribution in [0.3, 0.4) is 0 Å². The van der Waals surface area contributed by atoms with E-state index in [1.54, 1.807) is 17.2 Å². The molecule has 3 rings (SSSR count). The van der Waals surface area contributed by atoms with Crippen LogP contribution in [-0.4, -0.2) is 72.9 Å². The van der Waals surface area contributed by atoms with E-state index in [1.165, 1.54) is 0 Å². The van der Waals surface area contributed by atoms with Gasteiger partial charge in [-0.25, -0.2) is 9.67 Å². The van der Waals surface area contributed by atoms with Crippen LogP contribution in [0, 0.1) is 5.41 Å². The minimum atomic E-state index is -0.0545. The van der Waals surface area contributed by atoms with Gasteiger partial charge in [0.2, 0.25) is 5.91 Å². The number of nitrogens with one attached hydrogen (secondary N) is 1. The summed E-state index contributed by atoms with van der Waals surface area (Å²) in [4.78, 5) is 18.9. The Morgan fingerprint density at radius 2 is 2.10 bits per heavy atom. The van der Waals surface area contributed by atoms with E-state index in [9.17, 15) is 4.79 Å². The summed E-state index contributed by atoms with van der Waals surface area (Å²) in [5, 5.41) is 15.2. The van der Waals surface area contributed by atoms with E-state index in [0.717, 1.165) is 32.1 Å². The zero-order valence-electron chi connectivity index (χ0n) is 17.6. The predicted octanol–water partition coefficient (Wildman–Crippen LogP) is 0.713. The number of aromatic nitrogens is 6. The quantitative estimate of drug-likeness (QED) is 0.657. The summed E-state index contributed by atoms with van der Waals surface area (Å²) >= 11 is 0. The maximum absolute atomic E-state index is 12.5. The number of tetrazole rings is 1. The zero-order valence-corrected chi connectivity index (χ0v) is 17.6. The van der Waals surface area contributed by atoms with Crippen molar-refractivity contribution in [1.29, 1.82) is 0 Å². The van der Waals surface area contributed by atoms with Gasteiger partial charge in [-0.15, -0.1) is 5.10 Å². The van der Waals surface area contributed by atoms with Gasteiger partial charge in [0, 0.05) is 45.0 Å².